The van der Waals surface area contributed by atoms with Crippen molar-refractivity contribution in [3.8, 4) is 5.75 Å². The highest BCUT2D eigenvalue weighted by molar-refractivity contribution is 6.01. The Morgan fingerprint density at radius 3 is 2.48 bits per heavy atom. The van der Waals surface area contributed by atoms with Crippen LogP contribution in [-0.2, 0) is 4.79 Å². The van der Waals surface area contributed by atoms with Crippen LogP contribution in [0.2, 0.25) is 0 Å². The van der Waals surface area contributed by atoms with Gasteiger partial charge in [0.25, 0.3) is 5.91 Å². The lowest BCUT2D eigenvalue weighted by Gasteiger charge is -2.44. The number of rotatable bonds is 3. The Balaban J connectivity index is 1.47. The van der Waals surface area contributed by atoms with Gasteiger partial charge in [-0.25, -0.2) is 4.79 Å². The van der Waals surface area contributed by atoms with Crippen molar-refractivity contribution in [2.45, 2.75) is 24.9 Å². The number of carbonyl (C=O) groups excluding carboxylic acids is 2. The monoisotopic (exact) mass is 391 g/mol. The minimum absolute atomic E-state index is 0.00199. The number of aliphatic carboxylic acids is 1. The zero-order chi connectivity index (χ0) is 20.4. The number of ketones is 1. The number of carboxylic acid groups (broad SMARTS) is 1. The fourth-order valence-corrected chi connectivity index (χ4v) is 3.94. The van der Waals surface area contributed by atoms with Crippen LogP contribution >= 0.6 is 0 Å². The lowest BCUT2D eigenvalue weighted by Crippen LogP contribution is -2.52. The highest BCUT2D eigenvalue weighted by atomic mass is 16.5. The normalized spacial score (nSPS) is 17.8. The van der Waals surface area contributed by atoms with E-state index in [0.717, 1.165) is 6.08 Å². The van der Waals surface area contributed by atoms with E-state index in [0.29, 0.717) is 48.4 Å². The molecule has 0 radical (unpaired) electrons. The van der Waals surface area contributed by atoms with Crippen molar-refractivity contribution in [3.63, 3.8) is 0 Å². The van der Waals surface area contributed by atoms with Crippen LogP contribution in [0.3, 0.4) is 0 Å². The number of fused-ring (bicyclic) bond motifs is 1. The summed E-state index contributed by atoms with van der Waals surface area (Å²) in [5.41, 5.74) is 1.19. The van der Waals surface area contributed by atoms with E-state index in [1.165, 1.54) is 6.08 Å². The van der Waals surface area contributed by atoms with Crippen LogP contribution < -0.4 is 4.74 Å². The van der Waals surface area contributed by atoms with Crippen LogP contribution in [-0.4, -0.2) is 46.4 Å². The smallest absolute Gasteiger partial charge is 0.328 e. The van der Waals surface area contributed by atoms with E-state index in [9.17, 15) is 14.4 Å². The van der Waals surface area contributed by atoms with Crippen molar-refractivity contribution >= 4 is 23.7 Å². The van der Waals surface area contributed by atoms with Gasteiger partial charge in [-0.2, -0.15) is 0 Å². The molecule has 0 saturated carbocycles. The van der Waals surface area contributed by atoms with Crippen molar-refractivity contribution < 1.29 is 24.2 Å². The molecule has 29 heavy (non-hydrogen) atoms. The van der Waals surface area contributed by atoms with Gasteiger partial charge in [0.1, 0.15) is 11.4 Å². The number of ether oxygens (including phenoxy) is 1. The van der Waals surface area contributed by atoms with Crippen LogP contribution in [0.25, 0.3) is 6.08 Å². The first-order valence-electron chi connectivity index (χ1n) is 9.57. The van der Waals surface area contributed by atoms with Gasteiger partial charge in [0.2, 0.25) is 0 Å². The quantitative estimate of drug-likeness (QED) is 0.811. The van der Waals surface area contributed by atoms with Crippen LogP contribution in [0.15, 0.2) is 54.6 Å². The van der Waals surface area contributed by atoms with Gasteiger partial charge in [0.05, 0.1) is 12.0 Å². The third-order valence-electron chi connectivity index (χ3n) is 5.51. The average Bonchev–Trinajstić information content (AvgIpc) is 2.73. The van der Waals surface area contributed by atoms with Crippen LogP contribution in [0, 0.1) is 0 Å². The van der Waals surface area contributed by atoms with Gasteiger partial charge in [-0.3, -0.25) is 9.59 Å². The van der Waals surface area contributed by atoms with Gasteiger partial charge in [0.15, 0.2) is 5.78 Å². The number of Topliss-reactive ketones (excluding diaryl/α,β-unsaturated/α-hetero) is 1. The molecule has 4 rings (SSSR count). The molecule has 1 fully saturated rings. The standard InChI is InChI=1S/C23H21NO5/c25-19-15-23(29-20-8-6-16(14-18(19)20)7-9-21(26)27)10-12-24(13-11-23)22(28)17-4-2-1-3-5-17/h1-9,14H,10-13,15H2,(H,26,27)/b9-7+. The van der Waals surface area contributed by atoms with E-state index in [1.54, 1.807) is 30.3 Å². The second kappa shape index (κ2) is 7.54. The van der Waals surface area contributed by atoms with Crippen molar-refractivity contribution in [2.75, 3.05) is 13.1 Å². The molecular weight excluding hydrogens is 370 g/mol. The van der Waals surface area contributed by atoms with E-state index < -0.39 is 11.6 Å². The molecule has 6 nitrogen and oxygen atoms in total. The molecule has 6 heteroatoms. The van der Waals surface area contributed by atoms with Crippen LogP contribution in [0.1, 0.15) is 45.5 Å². The topological polar surface area (TPSA) is 83.9 Å². The number of nitrogens with zero attached hydrogens (tertiary/aromatic N) is 1. The van der Waals surface area contributed by atoms with Gasteiger partial charge in [-0.15, -0.1) is 0 Å². The van der Waals surface area contributed by atoms with Crippen molar-refractivity contribution in [1.82, 2.24) is 4.90 Å². The Morgan fingerprint density at radius 1 is 1.07 bits per heavy atom. The molecule has 1 N–H and O–H groups in total. The molecule has 148 valence electrons. The Labute approximate surface area is 168 Å². The molecule has 0 bridgehead atoms. The first-order chi connectivity index (χ1) is 14.0. The van der Waals surface area contributed by atoms with E-state index in [1.807, 2.05) is 23.1 Å². The molecule has 0 atom stereocenters. The Kier molecular flexibility index (Phi) is 4.92. The number of likely N-dealkylation sites (tertiary alicyclic amines) is 1. The molecule has 2 aromatic carbocycles. The summed E-state index contributed by atoms with van der Waals surface area (Å²) in [6, 6.07) is 14.3. The Hall–Kier alpha value is -3.41. The maximum absolute atomic E-state index is 12.8. The van der Waals surface area contributed by atoms with Crippen molar-refractivity contribution in [2.24, 2.45) is 0 Å². The Morgan fingerprint density at radius 2 is 1.79 bits per heavy atom. The number of benzene rings is 2. The zero-order valence-electron chi connectivity index (χ0n) is 15.8. The summed E-state index contributed by atoms with van der Waals surface area (Å²) in [6.45, 7) is 1.07. The molecule has 1 amide bonds. The van der Waals surface area contributed by atoms with E-state index in [-0.39, 0.29) is 18.1 Å². The number of piperidine rings is 1. The summed E-state index contributed by atoms with van der Waals surface area (Å²) in [7, 11) is 0. The summed E-state index contributed by atoms with van der Waals surface area (Å²) in [5, 5.41) is 8.76. The summed E-state index contributed by atoms with van der Waals surface area (Å²) >= 11 is 0. The molecule has 2 heterocycles. The number of carbonyl (C=O) groups is 3. The summed E-state index contributed by atoms with van der Waals surface area (Å²) in [4.78, 5) is 37.9. The lowest BCUT2D eigenvalue weighted by molar-refractivity contribution is -0.131. The van der Waals surface area contributed by atoms with Crippen LogP contribution in [0.4, 0.5) is 0 Å². The van der Waals surface area contributed by atoms with Gasteiger partial charge >= 0.3 is 5.97 Å². The minimum Gasteiger partial charge on any atom is -0.486 e. The second-order valence-electron chi connectivity index (χ2n) is 7.47. The summed E-state index contributed by atoms with van der Waals surface area (Å²) in [5.74, 6) is -0.532. The summed E-state index contributed by atoms with van der Waals surface area (Å²) < 4.78 is 6.25. The number of amides is 1. The van der Waals surface area contributed by atoms with Crippen molar-refractivity contribution in [1.29, 1.82) is 0 Å². The Bertz CT molecular complexity index is 988. The highest BCUT2D eigenvalue weighted by Gasteiger charge is 2.43. The third kappa shape index (κ3) is 3.92. The molecule has 2 aliphatic rings. The van der Waals surface area contributed by atoms with Gasteiger partial charge in [0, 0.05) is 37.6 Å². The molecular formula is C23H21NO5. The first kappa shape index (κ1) is 18.9. The minimum atomic E-state index is -1.04. The average molecular weight is 391 g/mol. The maximum atomic E-state index is 12.8. The third-order valence-corrected chi connectivity index (χ3v) is 5.51. The SMILES string of the molecule is O=C(O)/C=C/c1ccc2c(c1)C(=O)CC1(CCN(C(=O)c3ccccc3)CC1)O2. The summed E-state index contributed by atoms with van der Waals surface area (Å²) in [6.07, 6.45) is 3.94. The van der Waals surface area contributed by atoms with E-state index in [4.69, 9.17) is 9.84 Å². The molecule has 2 aromatic rings. The number of carboxylic acids is 1. The zero-order valence-corrected chi connectivity index (χ0v) is 15.8. The first-order valence-corrected chi connectivity index (χ1v) is 9.57. The molecule has 2 aliphatic heterocycles. The van der Waals surface area contributed by atoms with E-state index in [2.05, 4.69) is 0 Å². The molecule has 0 unspecified atom stereocenters. The van der Waals surface area contributed by atoms with Crippen LogP contribution in [0.5, 0.6) is 5.75 Å². The molecule has 0 aromatic heterocycles. The van der Waals surface area contributed by atoms with Crippen molar-refractivity contribution in [3.05, 3.63) is 71.3 Å². The fraction of sp³-hybridized carbons (Fsp3) is 0.261. The molecule has 0 aliphatic carbocycles. The van der Waals surface area contributed by atoms with E-state index >= 15 is 0 Å². The second-order valence-corrected chi connectivity index (χ2v) is 7.47. The fourth-order valence-electron chi connectivity index (χ4n) is 3.94. The number of hydrogen-bond donors (Lipinski definition) is 1. The highest BCUT2D eigenvalue weighted by Crippen LogP contribution is 2.40. The van der Waals surface area contributed by atoms with Gasteiger partial charge in [-0.1, -0.05) is 24.3 Å². The predicted octanol–water partition coefficient (Wildman–Crippen LogP) is 3.42. The van der Waals surface area contributed by atoms with Gasteiger partial charge < -0.3 is 14.7 Å². The van der Waals surface area contributed by atoms with Gasteiger partial charge in [-0.05, 0) is 35.9 Å². The maximum Gasteiger partial charge on any atom is 0.328 e. The lowest BCUT2D eigenvalue weighted by atomic mass is 9.82. The predicted molar refractivity (Wildman–Crippen MR) is 107 cm³/mol. The largest absolute Gasteiger partial charge is 0.486 e. The molecule has 1 spiro atoms. The molecule has 1 saturated heterocycles. The number of hydrogen-bond acceptors (Lipinski definition) is 4.